The number of carboxylic acids is 1. The zero-order valence-corrected chi connectivity index (χ0v) is 13.5. The Hall–Kier alpha value is -2.94. The van der Waals surface area contributed by atoms with E-state index >= 15 is 0 Å². The molecule has 9 heteroatoms. The van der Waals surface area contributed by atoms with Crippen LogP contribution in [-0.2, 0) is 19.2 Å². The van der Waals surface area contributed by atoms with E-state index in [4.69, 9.17) is 5.73 Å². The van der Waals surface area contributed by atoms with Gasteiger partial charge in [0, 0.05) is 13.5 Å². The van der Waals surface area contributed by atoms with Crippen molar-refractivity contribution in [1.82, 2.24) is 15.1 Å². The molecule has 0 spiro atoms. The number of nitrogens with one attached hydrogen (secondary N) is 1. The molecule has 1 aromatic rings. The van der Waals surface area contributed by atoms with Gasteiger partial charge in [-0.3, -0.25) is 14.4 Å². The van der Waals surface area contributed by atoms with E-state index in [-0.39, 0.29) is 6.54 Å². The number of aliphatic carboxylic acids is 1. The van der Waals surface area contributed by atoms with Crippen molar-refractivity contribution in [1.29, 1.82) is 0 Å². The molecule has 2 saturated heterocycles. The molecule has 132 valence electrons. The molecule has 0 aromatic heterocycles. The Labute approximate surface area is 143 Å². The van der Waals surface area contributed by atoms with Crippen LogP contribution in [0.2, 0.25) is 0 Å². The molecule has 3 unspecified atom stereocenters. The Morgan fingerprint density at radius 1 is 1.28 bits per heavy atom. The molecular formula is C16H18N4O5. The first-order valence-electron chi connectivity index (χ1n) is 7.76. The number of amides is 3. The first-order chi connectivity index (χ1) is 11.8. The second-order valence-corrected chi connectivity index (χ2v) is 6.07. The van der Waals surface area contributed by atoms with Crippen LogP contribution in [0.3, 0.4) is 0 Å². The standard InChI is InChI=1S/C16H18N4O5/c1-8(21)19-7-10-12(15(23)20(10)14(19)16(24)25)18-13(22)11(17)9-5-3-2-4-6-9/h2-6,10-12,14H,7,17H2,1H3,(H,18,22)(H,24,25)/t10?,11?,12-,14?/m1/s1. The fourth-order valence-electron chi connectivity index (χ4n) is 3.28. The molecule has 0 aliphatic carbocycles. The van der Waals surface area contributed by atoms with Crippen molar-refractivity contribution in [3.63, 3.8) is 0 Å². The minimum atomic E-state index is -1.33. The highest BCUT2D eigenvalue weighted by Gasteiger charge is 2.60. The fraction of sp³-hybridized carbons (Fsp3) is 0.375. The van der Waals surface area contributed by atoms with Crippen LogP contribution in [0.15, 0.2) is 30.3 Å². The van der Waals surface area contributed by atoms with Crippen LogP contribution < -0.4 is 11.1 Å². The molecule has 9 nitrogen and oxygen atoms in total. The maximum absolute atomic E-state index is 12.3. The monoisotopic (exact) mass is 346 g/mol. The highest BCUT2D eigenvalue weighted by molar-refractivity contribution is 5.99. The number of carbonyl (C=O) groups excluding carboxylic acids is 3. The van der Waals surface area contributed by atoms with Crippen molar-refractivity contribution in [2.45, 2.75) is 31.2 Å². The molecule has 2 heterocycles. The summed E-state index contributed by atoms with van der Waals surface area (Å²) in [6, 6.07) is 6.30. The second-order valence-electron chi connectivity index (χ2n) is 6.07. The molecule has 3 rings (SSSR count). The average molecular weight is 346 g/mol. The first-order valence-corrected chi connectivity index (χ1v) is 7.76. The van der Waals surface area contributed by atoms with E-state index in [1.54, 1.807) is 30.3 Å². The molecule has 1 aromatic carbocycles. The topological polar surface area (TPSA) is 133 Å². The lowest BCUT2D eigenvalue weighted by Gasteiger charge is -2.43. The van der Waals surface area contributed by atoms with Gasteiger partial charge in [0.25, 0.3) is 0 Å². The average Bonchev–Trinajstić information content (AvgIpc) is 2.96. The van der Waals surface area contributed by atoms with Gasteiger partial charge in [-0.05, 0) is 5.56 Å². The van der Waals surface area contributed by atoms with E-state index < -0.39 is 48.0 Å². The Morgan fingerprint density at radius 3 is 2.48 bits per heavy atom. The second kappa shape index (κ2) is 6.17. The summed E-state index contributed by atoms with van der Waals surface area (Å²) in [6.07, 6.45) is -1.33. The Morgan fingerprint density at radius 2 is 1.92 bits per heavy atom. The summed E-state index contributed by atoms with van der Waals surface area (Å²) in [5.41, 5.74) is 6.50. The number of benzene rings is 1. The largest absolute Gasteiger partial charge is 0.478 e. The number of hydrogen-bond acceptors (Lipinski definition) is 5. The number of fused-ring (bicyclic) bond motifs is 1. The zero-order chi connectivity index (χ0) is 18.3. The van der Waals surface area contributed by atoms with E-state index in [0.29, 0.717) is 5.56 Å². The van der Waals surface area contributed by atoms with Gasteiger partial charge in [0.05, 0.1) is 6.04 Å². The van der Waals surface area contributed by atoms with E-state index in [0.717, 1.165) is 9.80 Å². The lowest BCUT2D eigenvalue weighted by molar-refractivity contribution is -0.165. The normalized spacial score (nSPS) is 25.8. The molecule has 4 atom stereocenters. The number of carbonyl (C=O) groups is 4. The number of carboxylic acid groups (broad SMARTS) is 1. The van der Waals surface area contributed by atoms with Gasteiger partial charge in [0.2, 0.25) is 23.9 Å². The third-order valence-electron chi connectivity index (χ3n) is 4.57. The van der Waals surface area contributed by atoms with Gasteiger partial charge in [-0.1, -0.05) is 30.3 Å². The summed E-state index contributed by atoms with van der Waals surface area (Å²) >= 11 is 0. The molecule has 4 N–H and O–H groups in total. The molecule has 2 fully saturated rings. The molecular weight excluding hydrogens is 328 g/mol. The number of nitrogens with zero attached hydrogens (tertiary/aromatic N) is 2. The predicted octanol–water partition coefficient (Wildman–Crippen LogP) is -1.35. The number of rotatable bonds is 4. The van der Waals surface area contributed by atoms with Crippen molar-refractivity contribution in [2.75, 3.05) is 6.54 Å². The first kappa shape index (κ1) is 16.9. The number of hydrogen-bond donors (Lipinski definition) is 3. The third-order valence-corrected chi connectivity index (χ3v) is 4.57. The van der Waals surface area contributed by atoms with Crippen molar-refractivity contribution >= 4 is 23.7 Å². The lowest BCUT2D eigenvalue weighted by Crippen LogP contribution is -2.72. The van der Waals surface area contributed by atoms with E-state index in [2.05, 4.69) is 5.32 Å². The molecule has 2 aliphatic heterocycles. The Bertz CT molecular complexity index is 737. The van der Waals surface area contributed by atoms with Crippen molar-refractivity contribution in [2.24, 2.45) is 5.73 Å². The smallest absolute Gasteiger partial charge is 0.347 e. The van der Waals surface area contributed by atoms with Crippen molar-refractivity contribution < 1.29 is 24.3 Å². The summed E-state index contributed by atoms with van der Waals surface area (Å²) < 4.78 is 0. The molecule has 0 radical (unpaired) electrons. The van der Waals surface area contributed by atoms with Crippen molar-refractivity contribution in [3.05, 3.63) is 35.9 Å². The zero-order valence-electron chi connectivity index (χ0n) is 13.5. The van der Waals surface area contributed by atoms with Gasteiger partial charge >= 0.3 is 5.97 Å². The van der Waals surface area contributed by atoms with E-state index in [1.165, 1.54) is 6.92 Å². The molecule has 0 bridgehead atoms. The van der Waals surface area contributed by atoms with Gasteiger partial charge in [0.15, 0.2) is 0 Å². The van der Waals surface area contributed by atoms with Crippen LogP contribution in [0.5, 0.6) is 0 Å². The predicted molar refractivity (Wildman–Crippen MR) is 84.7 cm³/mol. The maximum Gasteiger partial charge on any atom is 0.347 e. The SMILES string of the molecule is CC(=O)N1CC2[C@@H](NC(=O)C(N)c3ccccc3)C(=O)N2C1C(=O)O. The number of β-lactam (4-membered cyclic amide) rings is 1. The van der Waals surface area contributed by atoms with Crippen LogP contribution in [0, 0.1) is 0 Å². The third kappa shape index (κ3) is 2.72. The highest BCUT2D eigenvalue weighted by Crippen LogP contribution is 2.33. The van der Waals surface area contributed by atoms with E-state index in [9.17, 15) is 24.3 Å². The summed E-state index contributed by atoms with van der Waals surface area (Å²) in [5, 5.41) is 11.9. The Kier molecular flexibility index (Phi) is 4.17. The number of nitrogens with two attached hydrogens (primary N) is 1. The highest BCUT2D eigenvalue weighted by atomic mass is 16.4. The summed E-state index contributed by atoms with van der Waals surface area (Å²) in [7, 11) is 0. The van der Waals surface area contributed by atoms with Gasteiger partial charge in [-0.2, -0.15) is 0 Å². The summed E-state index contributed by atoms with van der Waals surface area (Å²) in [6.45, 7) is 1.30. The summed E-state index contributed by atoms with van der Waals surface area (Å²) in [4.78, 5) is 49.8. The molecule has 2 aliphatic rings. The van der Waals surface area contributed by atoms with Crippen LogP contribution in [0.4, 0.5) is 0 Å². The van der Waals surface area contributed by atoms with Gasteiger partial charge in [-0.25, -0.2) is 4.79 Å². The Balaban J connectivity index is 1.72. The van der Waals surface area contributed by atoms with Crippen molar-refractivity contribution in [3.8, 4) is 0 Å². The minimum Gasteiger partial charge on any atom is -0.478 e. The van der Waals surface area contributed by atoms with Crippen LogP contribution in [0.1, 0.15) is 18.5 Å². The fourth-order valence-corrected chi connectivity index (χ4v) is 3.28. The summed E-state index contributed by atoms with van der Waals surface area (Å²) in [5.74, 6) is -2.79. The van der Waals surface area contributed by atoms with E-state index in [1.807, 2.05) is 0 Å². The molecule has 0 saturated carbocycles. The maximum atomic E-state index is 12.3. The minimum absolute atomic E-state index is 0.0591. The van der Waals surface area contributed by atoms with Gasteiger partial charge in [0.1, 0.15) is 12.1 Å². The van der Waals surface area contributed by atoms with Crippen LogP contribution in [0.25, 0.3) is 0 Å². The van der Waals surface area contributed by atoms with Gasteiger partial charge < -0.3 is 26.0 Å². The van der Waals surface area contributed by atoms with Crippen LogP contribution in [-0.4, -0.2) is 63.4 Å². The lowest BCUT2D eigenvalue weighted by atomic mass is 9.95. The molecule has 3 amide bonds. The van der Waals surface area contributed by atoms with Gasteiger partial charge in [-0.15, -0.1) is 0 Å². The molecule has 25 heavy (non-hydrogen) atoms. The quantitative estimate of drug-likeness (QED) is 0.578. The van der Waals surface area contributed by atoms with Crippen LogP contribution >= 0.6 is 0 Å².